The fourth-order valence-corrected chi connectivity index (χ4v) is 2.88. The molecule has 3 N–H and O–H groups in total. The van der Waals surface area contributed by atoms with Gasteiger partial charge in [0, 0.05) is 5.69 Å². The van der Waals surface area contributed by atoms with Crippen molar-refractivity contribution in [2.45, 2.75) is 38.1 Å². The highest BCUT2D eigenvalue weighted by molar-refractivity contribution is 5.98. The fourth-order valence-electron chi connectivity index (χ4n) is 2.88. The summed E-state index contributed by atoms with van der Waals surface area (Å²) in [7, 11) is 1.57. The van der Waals surface area contributed by atoms with Crippen molar-refractivity contribution in [1.29, 1.82) is 0 Å². The predicted molar refractivity (Wildman–Crippen MR) is 91.7 cm³/mol. The van der Waals surface area contributed by atoms with E-state index < -0.39 is 5.54 Å². The number of aryl methyl sites for hydroxylation is 1. The molecule has 0 saturated heterocycles. The largest absolute Gasteiger partial charge is 0.494 e. The number of carbonyl (C=O) groups is 1. The maximum absolute atomic E-state index is 12.4. The van der Waals surface area contributed by atoms with E-state index in [1.807, 2.05) is 0 Å². The highest BCUT2D eigenvalue weighted by Gasteiger charge is 2.37. The maximum atomic E-state index is 12.4. The van der Waals surface area contributed by atoms with Crippen molar-refractivity contribution in [3.63, 3.8) is 0 Å². The molecule has 2 aromatic rings. The lowest BCUT2D eigenvalue weighted by Gasteiger charge is -2.22. The molecule has 0 unspecified atom stereocenters. The van der Waals surface area contributed by atoms with Gasteiger partial charge < -0.3 is 15.8 Å². The molecule has 1 aliphatic rings. The van der Waals surface area contributed by atoms with Crippen LogP contribution in [0.5, 0.6) is 5.75 Å². The molecule has 0 bridgehead atoms. The normalized spacial score (nSPS) is 15.6. The Labute approximate surface area is 146 Å². The van der Waals surface area contributed by atoms with Crippen molar-refractivity contribution >= 4 is 24.0 Å². The van der Waals surface area contributed by atoms with Crippen LogP contribution in [0.15, 0.2) is 18.2 Å². The number of nitrogens with two attached hydrogens (primary N) is 1. The zero-order valence-electron chi connectivity index (χ0n) is 13.7. The zero-order chi connectivity index (χ0) is 16.4. The number of carbonyl (C=O) groups excluding carboxylic acids is 1. The summed E-state index contributed by atoms with van der Waals surface area (Å²) in [6.07, 6.45) is 3.41. The molecule has 1 heterocycles. The van der Waals surface area contributed by atoms with E-state index >= 15 is 0 Å². The SMILES string of the molecule is COc1ccc(NC(=O)C2(N)CCCC2)cc1-n1nnnc1C.Cl. The Kier molecular flexibility index (Phi) is 5.40. The standard InChI is InChI=1S/C15H20N6O2.ClH/c1-10-18-19-20-21(10)12-9-11(5-6-13(12)23-2)17-14(22)15(16)7-3-4-8-15;/h5-6,9H,3-4,7-8,16H2,1-2H3,(H,17,22);1H. The van der Waals surface area contributed by atoms with Gasteiger partial charge in [0.1, 0.15) is 11.4 Å². The van der Waals surface area contributed by atoms with Gasteiger partial charge in [0.05, 0.1) is 12.6 Å². The summed E-state index contributed by atoms with van der Waals surface area (Å²) in [4.78, 5) is 12.4. The third-order valence-corrected chi connectivity index (χ3v) is 4.24. The summed E-state index contributed by atoms with van der Waals surface area (Å²) in [5.74, 6) is 1.08. The second-order valence-electron chi connectivity index (χ2n) is 5.84. The molecule has 24 heavy (non-hydrogen) atoms. The van der Waals surface area contributed by atoms with Gasteiger partial charge in [-0.3, -0.25) is 4.79 Å². The Morgan fingerprint density at radius 3 is 2.67 bits per heavy atom. The number of nitrogens with zero attached hydrogens (tertiary/aromatic N) is 4. The molecule has 0 spiro atoms. The Hall–Kier alpha value is -2.19. The van der Waals surface area contributed by atoms with Gasteiger partial charge in [-0.25, -0.2) is 0 Å². The van der Waals surface area contributed by atoms with E-state index in [-0.39, 0.29) is 18.3 Å². The van der Waals surface area contributed by atoms with E-state index in [0.29, 0.717) is 35.8 Å². The maximum Gasteiger partial charge on any atom is 0.244 e. The number of halogens is 1. The number of ether oxygens (including phenoxy) is 1. The van der Waals surface area contributed by atoms with Crippen LogP contribution in [-0.4, -0.2) is 38.8 Å². The van der Waals surface area contributed by atoms with E-state index in [2.05, 4.69) is 20.8 Å². The van der Waals surface area contributed by atoms with Crippen LogP contribution >= 0.6 is 12.4 Å². The number of aromatic nitrogens is 4. The van der Waals surface area contributed by atoms with Crippen molar-refractivity contribution in [3.05, 3.63) is 24.0 Å². The van der Waals surface area contributed by atoms with Crippen LogP contribution in [0.4, 0.5) is 5.69 Å². The van der Waals surface area contributed by atoms with E-state index in [4.69, 9.17) is 10.5 Å². The Bertz CT molecular complexity index is 727. The van der Waals surface area contributed by atoms with Crippen LogP contribution in [-0.2, 0) is 4.79 Å². The number of hydrogen-bond donors (Lipinski definition) is 2. The quantitative estimate of drug-likeness (QED) is 0.865. The average molecular weight is 353 g/mol. The number of benzene rings is 1. The van der Waals surface area contributed by atoms with Crippen LogP contribution in [0.25, 0.3) is 5.69 Å². The van der Waals surface area contributed by atoms with Crippen molar-refractivity contribution in [1.82, 2.24) is 20.2 Å². The Morgan fingerprint density at radius 2 is 2.08 bits per heavy atom. The molecular weight excluding hydrogens is 332 g/mol. The Morgan fingerprint density at radius 1 is 1.38 bits per heavy atom. The van der Waals surface area contributed by atoms with Crippen molar-refractivity contribution < 1.29 is 9.53 Å². The molecule has 1 aromatic heterocycles. The first kappa shape index (κ1) is 18.2. The predicted octanol–water partition coefficient (Wildman–Crippen LogP) is 1.61. The summed E-state index contributed by atoms with van der Waals surface area (Å²) < 4.78 is 6.91. The summed E-state index contributed by atoms with van der Waals surface area (Å²) >= 11 is 0. The van der Waals surface area contributed by atoms with Crippen molar-refractivity contribution in [2.75, 3.05) is 12.4 Å². The topological polar surface area (TPSA) is 108 Å². The lowest BCUT2D eigenvalue weighted by Crippen LogP contribution is -2.48. The van der Waals surface area contributed by atoms with Gasteiger partial charge in [-0.05, 0) is 48.4 Å². The number of nitrogens with one attached hydrogen (secondary N) is 1. The lowest BCUT2D eigenvalue weighted by atomic mass is 9.98. The van der Waals surface area contributed by atoms with Gasteiger partial charge >= 0.3 is 0 Å². The molecule has 1 amide bonds. The van der Waals surface area contributed by atoms with E-state index in [9.17, 15) is 4.79 Å². The summed E-state index contributed by atoms with van der Waals surface area (Å²) in [5, 5.41) is 14.4. The molecule has 3 rings (SSSR count). The molecule has 9 heteroatoms. The average Bonchev–Trinajstić information content (AvgIpc) is 3.16. The minimum atomic E-state index is -0.773. The van der Waals surface area contributed by atoms with Crippen LogP contribution in [0.1, 0.15) is 31.5 Å². The molecule has 8 nitrogen and oxygen atoms in total. The molecule has 0 aliphatic heterocycles. The molecule has 1 fully saturated rings. The molecule has 0 radical (unpaired) electrons. The van der Waals surface area contributed by atoms with Crippen LogP contribution in [0, 0.1) is 6.92 Å². The monoisotopic (exact) mass is 352 g/mol. The first-order chi connectivity index (χ1) is 11.0. The number of amides is 1. The summed E-state index contributed by atoms with van der Waals surface area (Å²) in [6, 6.07) is 5.32. The number of tetrazole rings is 1. The van der Waals surface area contributed by atoms with Crippen LogP contribution < -0.4 is 15.8 Å². The number of hydrogen-bond acceptors (Lipinski definition) is 6. The smallest absolute Gasteiger partial charge is 0.244 e. The molecule has 1 aromatic carbocycles. The summed E-state index contributed by atoms with van der Waals surface area (Å²) in [5.41, 5.74) is 6.71. The third-order valence-electron chi connectivity index (χ3n) is 4.24. The van der Waals surface area contributed by atoms with Gasteiger partial charge in [-0.15, -0.1) is 17.5 Å². The first-order valence-corrected chi connectivity index (χ1v) is 7.57. The van der Waals surface area contributed by atoms with E-state index in [1.54, 1.807) is 36.9 Å². The molecule has 1 saturated carbocycles. The molecular formula is C15H21ClN6O2. The van der Waals surface area contributed by atoms with Gasteiger partial charge in [-0.2, -0.15) is 4.68 Å². The fraction of sp³-hybridized carbons (Fsp3) is 0.467. The van der Waals surface area contributed by atoms with Crippen LogP contribution in [0.2, 0.25) is 0 Å². The number of methoxy groups -OCH3 is 1. The minimum Gasteiger partial charge on any atom is -0.494 e. The second kappa shape index (κ2) is 7.14. The van der Waals surface area contributed by atoms with Gasteiger partial charge in [0.25, 0.3) is 0 Å². The molecule has 130 valence electrons. The van der Waals surface area contributed by atoms with Crippen molar-refractivity contribution in [2.24, 2.45) is 5.73 Å². The highest BCUT2D eigenvalue weighted by Crippen LogP contribution is 2.30. The second-order valence-corrected chi connectivity index (χ2v) is 5.84. The van der Waals surface area contributed by atoms with Gasteiger partial charge in [-0.1, -0.05) is 12.8 Å². The highest BCUT2D eigenvalue weighted by atomic mass is 35.5. The molecule has 1 aliphatic carbocycles. The lowest BCUT2D eigenvalue weighted by molar-refractivity contribution is -0.121. The molecule has 0 atom stereocenters. The van der Waals surface area contributed by atoms with Crippen LogP contribution in [0.3, 0.4) is 0 Å². The summed E-state index contributed by atoms with van der Waals surface area (Å²) in [6.45, 7) is 1.79. The zero-order valence-corrected chi connectivity index (χ0v) is 14.5. The van der Waals surface area contributed by atoms with Gasteiger partial charge in [0.2, 0.25) is 5.91 Å². The minimum absolute atomic E-state index is 0. The van der Waals surface area contributed by atoms with E-state index in [0.717, 1.165) is 12.8 Å². The first-order valence-electron chi connectivity index (χ1n) is 7.57. The van der Waals surface area contributed by atoms with E-state index in [1.165, 1.54) is 0 Å². The van der Waals surface area contributed by atoms with Crippen molar-refractivity contribution in [3.8, 4) is 11.4 Å². The third kappa shape index (κ3) is 3.34. The number of rotatable bonds is 4. The Balaban J connectivity index is 0.00000208. The van der Waals surface area contributed by atoms with Gasteiger partial charge in [0.15, 0.2) is 5.82 Å². The number of anilines is 1.